The summed E-state index contributed by atoms with van der Waals surface area (Å²) in [6.45, 7) is 3.92. The molecule has 1 saturated carbocycles. The van der Waals surface area contributed by atoms with E-state index in [1.54, 1.807) is 24.6 Å². The Morgan fingerprint density at radius 3 is 2.15 bits per heavy atom. The highest BCUT2D eigenvalue weighted by molar-refractivity contribution is 5.85. The van der Waals surface area contributed by atoms with Crippen molar-refractivity contribution in [3.63, 3.8) is 0 Å². The van der Waals surface area contributed by atoms with Gasteiger partial charge in [0.2, 0.25) is 0 Å². The van der Waals surface area contributed by atoms with Gasteiger partial charge in [-0.05, 0) is 56.0 Å². The zero-order chi connectivity index (χ0) is 18.5. The molecule has 2 aromatic rings. The van der Waals surface area contributed by atoms with Crippen molar-refractivity contribution in [1.82, 2.24) is 0 Å². The summed E-state index contributed by atoms with van der Waals surface area (Å²) in [6.07, 6.45) is 7.80. The van der Waals surface area contributed by atoms with E-state index in [-0.39, 0.29) is 17.8 Å². The van der Waals surface area contributed by atoms with Crippen LogP contribution >= 0.6 is 0 Å². The Balaban J connectivity index is 1.78. The minimum atomic E-state index is 0.103. The minimum absolute atomic E-state index is 0.103. The summed E-state index contributed by atoms with van der Waals surface area (Å²) in [4.78, 5) is 9.46. The molecule has 0 unspecified atom stereocenters. The number of hydrogen-bond acceptors (Lipinski definition) is 4. The van der Waals surface area contributed by atoms with Crippen molar-refractivity contribution in [1.29, 1.82) is 0 Å². The quantitative estimate of drug-likeness (QED) is 0.794. The molecule has 0 aliphatic heterocycles. The van der Waals surface area contributed by atoms with Crippen LogP contribution in [0.25, 0.3) is 0 Å². The number of aliphatic imine (C=N–C) groups is 2. The maximum absolute atomic E-state index is 10.3. The number of aromatic hydroxyl groups is 2. The van der Waals surface area contributed by atoms with Gasteiger partial charge in [-0.2, -0.15) is 0 Å². The molecule has 0 saturated heterocycles. The molecule has 2 atom stereocenters. The van der Waals surface area contributed by atoms with Crippen molar-refractivity contribution in [3.05, 3.63) is 58.7 Å². The molecule has 1 fully saturated rings. The molecule has 0 spiro atoms. The van der Waals surface area contributed by atoms with Gasteiger partial charge in [-0.15, -0.1) is 0 Å². The van der Waals surface area contributed by atoms with Crippen LogP contribution in [-0.4, -0.2) is 34.7 Å². The lowest BCUT2D eigenvalue weighted by atomic mass is 9.91. The molecule has 0 aromatic heterocycles. The topological polar surface area (TPSA) is 65.2 Å². The van der Waals surface area contributed by atoms with Gasteiger partial charge < -0.3 is 10.2 Å². The van der Waals surface area contributed by atoms with Gasteiger partial charge in [0.05, 0.1) is 12.1 Å². The molecular formula is C22H26N2O2. The number of phenols is 2. The van der Waals surface area contributed by atoms with E-state index in [1.165, 1.54) is 0 Å². The summed E-state index contributed by atoms with van der Waals surface area (Å²) in [7, 11) is 0. The van der Waals surface area contributed by atoms with Gasteiger partial charge in [0.1, 0.15) is 11.5 Å². The summed E-state index contributed by atoms with van der Waals surface area (Å²) in [5.74, 6) is 0.539. The van der Waals surface area contributed by atoms with E-state index in [1.807, 2.05) is 38.1 Å². The van der Waals surface area contributed by atoms with Crippen LogP contribution < -0.4 is 0 Å². The molecular weight excluding hydrogens is 324 g/mol. The monoisotopic (exact) mass is 350 g/mol. The summed E-state index contributed by atoms with van der Waals surface area (Å²) >= 11 is 0. The van der Waals surface area contributed by atoms with Gasteiger partial charge in [0.25, 0.3) is 0 Å². The fraction of sp³-hybridized carbons (Fsp3) is 0.364. The number of para-hydroxylation sites is 1. The fourth-order valence-electron chi connectivity index (χ4n) is 3.48. The number of nitrogens with zero attached hydrogens (tertiary/aromatic N) is 2. The molecule has 2 N–H and O–H groups in total. The maximum Gasteiger partial charge on any atom is 0.127 e. The van der Waals surface area contributed by atoms with Crippen LogP contribution in [0.3, 0.4) is 0 Å². The van der Waals surface area contributed by atoms with Gasteiger partial charge in [-0.3, -0.25) is 9.98 Å². The third-order valence-electron chi connectivity index (χ3n) is 4.92. The Morgan fingerprint density at radius 1 is 0.885 bits per heavy atom. The molecule has 4 nitrogen and oxygen atoms in total. The van der Waals surface area contributed by atoms with Crippen LogP contribution in [0.1, 0.15) is 47.9 Å². The van der Waals surface area contributed by atoms with Crippen molar-refractivity contribution in [2.75, 3.05) is 0 Å². The Morgan fingerprint density at radius 2 is 1.50 bits per heavy atom. The first-order valence-electron chi connectivity index (χ1n) is 9.19. The molecule has 1 aliphatic rings. The summed E-state index contributed by atoms with van der Waals surface area (Å²) < 4.78 is 0. The van der Waals surface area contributed by atoms with Crippen LogP contribution in [0.2, 0.25) is 0 Å². The van der Waals surface area contributed by atoms with Crippen LogP contribution in [0, 0.1) is 13.8 Å². The highest BCUT2D eigenvalue weighted by Gasteiger charge is 2.23. The highest BCUT2D eigenvalue weighted by atomic mass is 16.3. The third kappa shape index (κ3) is 4.31. The minimum Gasteiger partial charge on any atom is -0.507 e. The van der Waals surface area contributed by atoms with E-state index < -0.39 is 0 Å². The average Bonchev–Trinajstić information content (AvgIpc) is 2.63. The highest BCUT2D eigenvalue weighted by Crippen LogP contribution is 2.26. The summed E-state index contributed by atoms with van der Waals surface area (Å²) in [5, 5.41) is 20.1. The van der Waals surface area contributed by atoms with Gasteiger partial charge in [0, 0.05) is 23.6 Å². The fourth-order valence-corrected chi connectivity index (χ4v) is 3.48. The number of phenolic OH excluding ortho intramolecular Hbond substituents is 2. The van der Waals surface area contributed by atoms with Gasteiger partial charge in [0.15, 0.2) is 0 Å². The first-order valence-corrected chi connectivity index (χ1v) is 9.19. The number of aryl methyl sites for hydroxylation is 2. The van der Waals surface area contributed by atoms with E-state index in [9.17, 15) is 10.2 Å². The zero-order valence-corrected chi connectivity index (χ0v) is 15.4. The largest absolute Gasteiger partial charge is 0.507 e. The van der Waals surface area contributed by atoms with Crippen molar-refractivity contribution < 1.29 is 10.2 Å². The number of benzene rings is 2. The second-order valence-corrected chi connectivity index (χ2v) is 7.05. The molecule has 0 heterocycles. The second kappa shape index (κ2) is 8.17. The Kier molecular flexibility index (Phi) is 5.71. The van der Waals surface area contributed by atoms with Crippen molar-refractivity contribution in [3.8, 4) is 11.5 Å². The summed E-state index contributed by atoms with van der Waals surface area (Å²) in [5.41, 5.74) is 3.47. The lowest BCUT2D eigenvalue weighted by Gasteiger charge is -2.25. The average molecular weight is 350 g/mol. The summed E-state index contributed by atoms with van der Waals surface area (Å²) in [6, 6.07) is 11.3. The maximum atomic E-state index is 10.3. The smallest absolute Gasteiger partial charge is 0.127 e. The van der Waals surface area contributed by atoms with Crippen LogP contribution in [0.5, 0.6) is 11.5 Å². The number of hydrogen-bond donors (Lipinski definition) is 2. The van der Waals surface area contributed by atoms with Gasteiger partial charge >= 0.3 is 0 Å². The SMILES string of the molecule is Cc1cc(C)c(O)c(C=N[C@@H]2CCCC[C@H]2N=Cc2ccccc2O)c1. The second-order valence-electron chi connectivity index (χ2n) is 7.05. The lowest BCUT2D eigenvalue weighted by Crippen LogP contribution is -2.27. The normalized spacial score (nSPS) is 20.8. The molecule has 3 rings (SSSR count). The molecule has 0 radical (unpaired) electrons. The van der Waals surface area contributed by atoms with E-state index in [4.69, 9.17) is 9.98 Å². The van der Waals surface area contributed by atoms with Crippen molar-refractivity contribution >= 4 is 12.4 Å². The molecule has 0 amide bonds. The van der Waals surface area contributed by atoms with E-state index in [0.29, 0.717) is 5.75 Å². The predicted octanol–water partition coefficient (Wildman–Crippen LogP) is 4.56. The first-order chi connectivity index (χ1) is 12.5. The van der Waals surface area contributed by atoms with Gasteiger partial charge in [-0.25, -0.2) is 0 Å². The molecule has 2 aromatic carbocycles. The van der Waals surface area contributed by atoms with E-state index in [2.05, 4.69) is 0 Å². The Bertz CT molecular complexity index is 827. The van der Waals surface area contributed by atoms with E-state index in [0.717, 1.165) is 47.9 Å². The van der Waals surface area contributed by atoms with Crippen LogP contribution in [0.15, 0.2) is 46.4 Å². The molecule has 136 valence electrons. The van der Waals surface area contributed by atoms with Crippen molar-refractivity contribution in [2.45, 2.75) is 51.6 Å². The molecule has 1 aliphatic carbocycles. The predicted molar refractivity (Wildman–Crippen MR) is 107 cm³/mol. The lowest BCUT2D eigenvalue weighted by molar-refractivity contribution is 0.390. The molecule has 26 heavy (non-hydrogen) atoms. The standard InChI is InChI=1S/C22H26N2O2/c1-15-11-16(2)22(26)18(12-15)14-24-20-9-5-4-8-19(20)23-13-17-7-3-6-10-21(17)25/h3,6-7,10-14,19-20,25-26H,4-5,8-9H2,1-2H3/t19-,20-/m1/s1. The Labute approximate surface area is 155 Å². The van der Waals surface area contributed by atoms with Crippen LogP contribution in [0.4, 0.5) is 0 Å². The van der Waals surface area contributed by atoms with Crippen LogP contribution in [-0.2, 0) is 0 Å². The van der Waals surface area contributed by atoms with Gasteiger partial charge in [-0.1, -0.05) is 31.0 Å². The Hall–Kier alpha value is -2.62. The van der Waals surface area contributed by atoms with E-state index >= 15 is 0 Å². The zero-order valence-electron chi connectivity index (χ0n) is 15.4. The van der Waals surface area contributed by atoms with Crippen molar-refractivity contribution in [2.24, 2.45) is 9.98 Å². The molecule has 0 bridgehead atoms. The number of rotatable bonds is 4. The third-order valence-corrected chi connectivity index (χ3v) is 4.92. The molecule has 4 heteroatoms. The first kappa shape index (κ1) is 18.2.